The first-order valence-electron chi connectivity index (χ1n) is 10.6. The van der Waals surface area contributed by atoms with E-state index in [-0.39, 0.29) is 17.3 Å². The highest BCUT2D eigenvalue weighted by molar-refractivity contribution is 6.30. The Bertz CT molecular complexity index is 886. The molecule has 1 aliphatic carbocycles. The van der Waals surface area contributed by atoms with Crippen LogP contribution < -0.4 is 5.43 Å². The van der Waals surface area contributed by atoms with Gasteiger partial charge >= 0.3 is 5.97 Å². The Morgan fingerprint density at radius 1 is 1.14 bits per heavy atom. The lowest BCUT2D eigenvalue weighted by molar-refractivity contribution is -0.147. The van der Waals surface area contributed by atoms with Crippen LogP contribution in [0.25, 0.3) is 11.3 Å². The number of carbonyl (C=O) groups is 1. The summed E-state index contributed by atoms with van der Waals surface area (Å²) in [7, 11) is 0. The van der Waals surface area contributed by atoms with Crippen LogP contribution in [0.3, 0.4) is 0 Å². The summed E-state index contributed by atoms with van der Waals surface area (Å²) in [4.78, 5) is 25.3. The van der Waals surface area contributed by atoms with Gasteiger partial charge in [0.25, 0.3) is 0 Å². The van der Waals surface area contributed by atoms with Gasteiger partial charge in [-0.25, -0.2) is 0 Å². The van der Waals surface area contributed by atoms with Crippen molar-refractivity contribution in [3.05, 3.63) is 57.4 Å². The van der Waals surface area contributed by atoms with E-state index in [0.717, 1.165) is 24.8 Å². The predicted octanol–water partition coefficient (Wildman–Crippen LogP) is 6.14. The fourth-order valence-electron chi connectivity index (χ4n) is 4.04. The molecular formula is C24H29ClO4. The molecule has 1 fully saturated rings. The van der Waals surface area contributed by atoms with Crippen LogP contribution in [0.1, 0.15) is 64.6 Å². The van der Waals surface area contributed by atoms with Crippen molar-refractivity contribution in [2.24, 2.45) is 5.92 Å². The number of hydrogen-bond acceptors (Lipinski definition) is 4. The minimum absolute atomic E-state index is 0.159. The summed E-state index contributed by atoms with van der Waals surface area (Å²) in [5, 5.41) is 0.612. The molecule has 1 heterocycles. The molecule has 0 unspecified atom stereocenters. The zero-order chi connectivity index (χ0) is 20.9. The molecule has 0 amide bonds. The highest BCUT2D eigenvalue weighted by Gasteiger charge is 2.64. The second-order valence-electron chi connectivity index (χ2n) is 7.82. The smallest absolute Gasteiger partial charge is 0.320 e. The van der Waals surface area contributed by atoms with Gasteiger partial charge in [-0.2, -0.15) is 0 Å². The molecule has 0 aliphatic heterocycles. The number of halogens is 1. The maximum Gasteiger partial charge on any atom is 0.320 e. The van der Waals surface area contributed by atoms with Gasteiger partial charge in [-0.05, 0) is 49.9 Å². The minimum Gasteiger partial charge on any atom is -0.465 e. The van der Waals surface area contributed by atoms with Gasteiger partial charge in [-0.1, -0.05) is 50.6 Å². The molecule has 4 nitrogen and oxygen atoms in total. The molecular weight excluding hydrogens is 388 g/mol. The van der Waals surface area contributed by atoms with Gasteiger partial charge < -0.3 is 9.15 Å². The first kappa shape index (κ1) is 21.6. The normalized spacial score (nSPS) is 20.4. The van der Waals surface area contributed by atoms with Gasteiger partial charge in [-0.3, -0.25) is 9.59 Å². The van der Waals surface area contributed by atoms with Crippen LogP contribution in [-0.4, -0.2) is 12.6 Å². The van der Waals surface area contributed by atoms with Crippen molar-refractivity contribution in [2.75, 3.05) is 6.61 Å². The van der Waals surface area contributed by atoms with Crippen molar-refractivity contribution in [3.8, 4) is 11.3 Å². The lowest BCUT2D eigenvalue weighted by Gasteiger charge is -2.16. The van der Waals surface area contributed by atoms with Crippen molar-refractivity contribution >= 4 is 17.6 Å². The van der Waals surface area contributed by atoms with Crippen molar-refractivity contribution in [1.82, 2.24) is 0 Å². The van der Waals surface area contributed by atoms with Crippen LogP contribution in [0.15, 0.2) is 45.6 Å². The molecule has 1 aliphatic rings. The fraction of sp³-hybridized carbons (Fsp3) is 0.500. The van der Waals surface area contributed by atoms with E-state index in [0.29, 0.717) is 29.6 Å². The van der Waals surface area contributed by atoms with Gasteiger partial charge in [-0.15, -0.1) is 0 Å². The van der Waals surface area contributed by atoms with Crippen LogP contribution in [0.4, 0.5) is 0 Å². The number of benzene rings is 1. The number of hydrogen-bond donors (Lipinski definition) is 0. The van der Waals surface area contributed by atoms with E-state index in [1.54, 1.807) is 31.2 Å². The molecule has 1 saturated carbocycles. The molecule has 2 aromatic rings. The first-order valence-corrected chi connectivity index (χ1v) is 11.0. The molecule has 5 heteroatoms. The summed E-state index contributed by atoms with van der Waals surface area (Å²) in [5.74, 6) is 0.746. The van der Waals surface area contributed by atoms with Crippen molar-refractivity contribution in [2.45, 2.75) is 64.2 Å². The standard InChI is InChI=1S/C24H29ClO4/c1-3-5-6-7-8-9-18-16-24(18,23(27)28-4-2)22-15-20(26)14-21(29-22)17-10-12-19(25)13-11-17/h10-15,18H,3-9,16H2,1-2H3/t18-,24-/m1/s1. The quantitative estimate of drug-likeness (QED) is 0.344. The van der Waals surface area contributed by atoms with Crippen molar-refractivity contribution in [3.63, 3.8) is 0 Å². The number of rotatable bonds is 10. The lowest BCUT2D eigenvalue weighted by Crippen LogP contribution is -2.27. The average Bonchev–Trinajstić information content (AvgIpc) is 3.44. The number of esters is 1. The molecule has 3 rings (SSSR count). The van der Waals surface area contributed by atoms with E-state index >= 15 is 0 Å². The van der Waals surface area contributed by atoms with Crippen LogP contribution in [0.5, 0.6) is 0 Å². The van der Waals surface area contributed by atoms with Gasteiger partial charge in [0.15, 0.2) is 5.43 Å². The number of ether oxygens (including phenoxy) is 1. The largest absolute Gasteiger partial charge is 0.465 e. The molecule has 0 saturated heterocycles. The molecule has 0 radical (unpaired) electrons. The molecule has 1 aromatic carbocycles. The van der Waals surface area contributed by atoms with E-state index < -0.39 is 5.41 Å². The minimum atomic E-state index is -0.831. The number of unbranched alkanes of at least 4 members (excludes halogenated alkanes) is 4. The lowest BCUT2D eigenvalue weighted by atomic mass is 9.96. The fourth-order valence-corrected chi connectivity index (χ4v) is 4.16. The SMILES string of the molecule is CCCCCCC[C@@H]1C[C@]1(C(=O)OCC)c1cc(=O)cc(-c2ccc(Cl)cc2)o1. The van der Waals surface area contributed by atoms with E-state index in [9.17, 15) is 9.59 Å². The summed E-state index contributed by atoms with van der Waals surface area (Å²) >= 11 is 5.97. The van der Waals surface area contributed by atoms with Crippen LogP contribution in [0, 0.1) is 5.92 Å². The molecule has 0 spiro atoms. The van der Waals surface area contributed by atoms with Crippen LogP contribution in [-0.2, 0) is 14.9 Å². The van der Waals surface area contributed by atoms with Gasteiger partial charge in [0.1, 0.15) is 16.9 Å². The zero-order valence-corrected chi connectivity index (χ0v) is 18.0. The maximum atomic E-state index is 12.9. The predicted molar refractivity (Wildman–Crippen MR) is 115 cm³/mol. The van der Waals surface area contributed by atoms with E-state index in [2.05, 4.69) is 6.92 Å². The summed E-state index contributed by atoms with van der Waals surface area (Å²) in [6, 6.07) is 10.0. The Balaban J connectivity index is 1.86. The summed E-state index contributed by atoms with van der Waals surface area (Å²) in [6.07, 6.45) is 7.52. The van der Waals surface area contributed by atoms with Gasteiger partial charge in [0, 0.05) is 22.7 Å². The Kier molecular flexibility index (Phi) is 7.18. The Morgan fingerprint density at radius 2 is 1.86 bits per heavy atom. The zero-order valence-electron chi connectivity index (χ0n) is 17.2. The molecule has 0 bridgehead atoms. The van der Waals surface area contributed by atoms with Crippen LogP contribution in [0.2, 0.25) is 5.02 Å². The second kappa shape index (κ2) is 9.62. The molecule has 0 N–H and O–H groups in total. The third kappa shape index (κ3) is 4.92. The Hall–Kier alpha value is -2.07. The summed E-state index contributed by atoms with van der Waals surface area (Å²) in [5.41, 5.74) is -0.250. The third-order valence-corrected chi connectivity index (χ3v) is 5.99. The van der Waals surface area contributed by atoms with Crippen molar-refractivity contribution in [1.29, 1.82) is 0 Å². The highest BCUT2D eigenvalue weighted by Crippen LogP contribution is 2.57. The van der Waals surface area contributed by atoms with E-state index in [1.165, 1.54) is 31.4 Å². The van der Waals surface area contributed by atoms with Gasteiger partial charge in [0.2, 0.25) is 0 Å². The molecule has 1 aromatic heterocycles. The van der Waals surface area contributed by atoms with Crippen molar-refractivity contribution < 1.29 is 13.9 Å². The third-order valence-electron chi connectivity index (χ3n) is 5.74. The molecule has 2 atom stereocenters. The van der Waals surface area contributed by atoms with Gasteiger partial charge in [0.05, 0.1) is 6.61 Å². The Labute approximate surface area is 177 Å². The average molecular weight is 417 g/mol. The maximum absolute atomic E-state index is 12.9. The van der Waals surface area contributed by atoms with E-state index in [4.69, 9.17) is 20.8 Å². The van der Waals surface area contributed by atoms with Crippen LogP contribution >= 0.6 is 11.6 Å². The molecule has 29 heavy (non-hydrogen) atoms. The first-order chi connectivity index (χ1) is 14.0. The monoisotopic (exact) mass is 416 g/mol. The summed E-state index contributed by atoms with van der Waals surface area (Å²) < 4.78 is 11.5. The highest BCUT2D eigenvalue weighted by atomic mass is 35.5. The molecule has 156 valence electrons. The number of carbonyl (C=O) groups excluding carboxylic acids is 1. The second-order valence-corrected chi connectivity index (χ2v) is 8.26. The summed E-state index contributed by atoms with van der Waals surface area (Å²) in [6.45, 7) is 4.31. The Morgan fingerprint density at radius 3 is 2.55 bits per heavy atom. The topological polar surface area (TPSA) is 56.5 Å². The van der Waals surface area contributed by atoms with E-state index in [1.807, 2.05) is 0 Å².